The minimum Gasteiger partial charge on any atom is -0.545 e. The van der Waals surface area contributed by atoms with E-state index in [1.807, 2.05) is 21.1 Å². The monoisotopic (exact) mass is 1150 g/mol. The van der Waals surface area contributed by atoms with Crippen molar-refractivity contribution in [1.29, 1.82) is 0 Å². The summed E-state index contributed by atoms with van der Waals surface area (Å²) in [6.07, 6.45) is 90.2. The van der Waals surface area contributed by atoms with Crippen molar-refractivity contribution in [2.24, 2.45) is 0 Å². The number of esters is 2. The van der Waals surface area contributed by atoms with Crippen LogP contribution in [-0.4, -0.2) is 82.3 Å². The summed E-state index contributed by atoms with van der Waals surface area (Å²) in [5.74, 6) is -2.34. The van der Waals surface area contributed by atoms with E-state index in [4.69, 9.17) is 18.9 Å². The number of unbranched alkanes of at least 4 members (excludes halogenated alkanes) is 17. The third kappa shape index (κ3) is 64.3. The van der Waals surface area contributed by atoms with E-state index in [-0.39, 0.29) is 38.6 Å². The molecule has 2 unspecified atom stereocenters. The molecule has 0 fully saturated rings. The van der Waals surface area contributed by atoms with E-state index in [0.29, 0.717) is 17.4 Å². The number of carbonyl (C=O) groups excluding carboxylic acids is 3. The van der Waals surface area contributed by atoms with Crippen LogP contribution in [0.25, 0.3) is 0 Å². The first kappa shape index (κ1) is 77.9. The molecule has 0 aliphatic heterocycles. The van der Waals surface area contributed by atoms with Crippen molar-refractivity contribution in [3.63, 3.8) is 0 Å². The predicted octanol–water partition coefficient (Wildman–Crippen LogP) is 18.8. The average Bonchev–Trinajstić information content (AvgIpc) is 3.46. The molecule has 2 atom stereocenters. The molecule has 0 rings (SSSR count). The lowest BCUT2D eigenvalue weighted by Crippen LogP contribution is -2.44. The number of aliphatic carboxylic acids is 1. The summed E-state index contributed by atoms with van der Waals surface area (Å²) < 4.78 is 22.7. The third-order valence-corrected chi connectivity index (χ3v) is 13.3. The molecule has 0 heterocycles. The Bertz CT molecular complexity index is 1920. The van der Waals surface area contributed by atoms with Crippen LogP contribution in [0.1, 0.15) is 232 Å². The Hall–Kier alpha value is -5.09. The number of likely N-dealkylation sites (N-methyl/N-ethyl adjacent to an activating group) is 1. The first-order valence-electron chi connectivity index (χ1n) is 32.6. The van der Waals surface area contributed by atoms with Gasteiger partial charge in [0.2, 0.25) is 0 Å². The molecule has 0 aliphatic carbocycles. The Morgan fingerprint density at radius 1 is 0.373 bits per heavy atom. The molecule has 468 valence electrons. The van der Waals surface area contributed by atoms with Crippen molar-refractivity contribution in [2.75, 3.05) is 47.5 Å². The van der Waals surface area contributed by atoms with E-state index < -0.39 is 24.3 Å². The highest BCUT2D eigenvalue weighted by atomic mass is 16.7. The van der Waals surface area contributed by atoms with Crippen molar-refractivity contribution in [1.82, 2.24) is 0 Å². The van der Waals surface area contributed by atoms with Gasteiger partial charge >= 0.3 is 11.9 Å². The number of ether oxygens (including phenoxy) is 4. The molecule has 0 saturated carbocycles. The highest BCUT2D eigenvalue weighted by molar-refractivity contribution is 5.70. The zero-order valence-corrected chi connectivity index (χ0v) is 53.2. The summed E-state index contributed by atoms with van der Waals surface area (Å²) in [6.45, 7) is 4.58. The second-order valence-corrected chi connectivity index (χ2v) is 22.3. The molecule has 0 spiro atoms. The summed E-state index contributed by atoms with van der Waals surface area (Å²) in [6, 6.07) is 0. The number of rotatable bonds is 58. The fourth-order valence-electron chi connectivity index (χ4n) is 8.28. The van der Waals surface area contributed by atoms with Crippen molar-refractivity contribution in [2.45, 2.75) is 245 Å². The minimum atomic E-state index is -1.64. The van der Waals surface area contributed by atoms with Crippen LogP contribution >= 0.6 is 0 Å². The number of carbonyl (C=O) groups is 3. The van der Waals surface area contributed by atoms with Gasteiger partial charge in [0.05, 0.1) is 40.3 Å². The lowest BCUT2D eigenvalue weighted by atomic mass is 10.1. The van der Waals surface area contributed by atoms with Gasteiger partial charge < -0.3 is 33.3 Å². The maximum absolute atomic E-state index is 12.9. The van der Waals surface area contributed by atoms with E-state index in [1.165, 1.54) is 64.2 Å². The highest BCUT2D eigenvalue weighted by Gasteiger charge is 2.22. The summed E-state index contributed by atoms with van der Waals surface area (Å²) >= 11 is 0. The highest BCUT2D eigenvalue weighted by Crippen LogP contribution is 2.14. The Kier molecular flexibility index (Phi) is 59.1. The van der Waals surface area contributed by atoms with Crippen LogP contribution in [0, 0.1) is 0 Å². The molecule has 9 nitrogen and oxygen atoms in total. The number of hydrogen-bond donors (Lipinski definition) is 0. The molecule has 0 bridgehead atoms. The van der Waals surface area contributed by atoms with Crippen molar-refractivity contribution < 1.29 is 42.9 Å². The Balaban J connectivity index is 4.25. The van der Waals surface area contributed by atoms with Gasteiger partial charge in [-0.1, -0.05) is 249 Å². The van der Waals surface area contributed by atoms with Gasteiger partial charge in [0.25, 0.3) is 0 Å². The molecule has 0 aromatic carbocycles. The van der Waals surface area contributed by atoms with E-state index in [9.17, 15) is 19.5 Å². The van der Waals surface area contributed by atoms with Crippen LogP contribution in [0.3, 0.4) is 0 Å². The van der Waals surface area contributed by atoms with Gasteiger partial charge in [-0.15, -0.1) is 0 Å². The first-order chi connectivity index (χ1) is 40.6. The second-order valence-electron chi connectivity index (χ2n) is 22.3. The van der Waals surface area contributed by atoms with E-state index in [2.05, 4.69) is 172 Å². The van der Waals surface area contributed by atoms with Gasteiger partial charge in [-0.2, -0.15) is 0 Å². The molecule has 0 aromatic rings. The zero-order valence-electron chi connectivity index (χ0n) is 53.2. The number of carboxylic acid groups (broad SMARTS) is 1. The lowest BCUT2D eigenvalue weighted by molar-refractivity contribution is -0.870. The van der Waals surface area contributed by atoms with E-state index in [1.54, 1.807) is 0 Å². The molecule has 0 aromatic heterocycles. The fraction of sp³-hybridized carbons (Fsp3) is 0.608. The largest absolute Gasteiger partial charge is 0.545 e. The van der Waals surface area contributed by atoms with Gasteiger partial charge in [-0.25, -0.2) is 0 Å². The van der Waals surface area contributed by atoms with Gasteiger partial charge in [0.15, 0.2) is 12.4 Å². The van der Waals surface area contributed by atoms with E-state index in [0.717, 1.165) is 135 Å². The van der Waals surface area contributed by atoms with Crippen LogP contribution in [0.4, 0.5) is 0 Å². The smallest absolute Gasteiger partial charge is 0.306 e. The van der Waals surface area contributed by atoms with E-state index >= 15 is 0 Å². The third-order valence-electron chi connectivity index (χ3n) is 13.3. The van der Waals surface area contributed by atoms with Crippen molar-refractivity contribution >= 4 is 17.9 Å². The molecular formula is C74H119NO8. The molecule has 0 saturated heterocycles. The molecule has 83 heavy (non-hydrogen) atoms. The quantitative estimate of drug-likeness (QED) is 0.0195. The Morgan fingerprint density at radius 3 is 1.04 bits per heavy atom. The number of allylic oxidation sites excluding steroid dienone is 26. The first-order valence-corrected chi connectivity index (χ1v) is 32.6. The lowest BCUT2D eigenvalue weighted by Gasteiger charge is -2.26. The van der Waals surface area contributed by atoms with Crippen LogP contribution in [0.5, 0.6) is 0 Å². The number of quaternary nitrogens is 1. The number of hydrogen-bond acceptors (Lipinski definition) is 8. The van der Waals surface area contributed by atoms with Gasteiger partial charge in [0, 0.05) is 12.8 Å². The Morgan fingerprint density at radius 2 is 0.687 bits per heavy atom. The van der Waals surface area contributed by atoms with Gasteiger partial charge in [0.1, 0.15) is 13.2 Å². The zero-order chi connectivity index (χ0) is 60.5. The molecule has 0 radical (unpaired) electrons. The van der Waals surface area contributed by atoms with Crippen LogP contribution < -0.4 is 5.11 Å². The second kappa shape index (κ2) is 62.9. The topological polar surface area (TPSA) is 111 Å². The minimum absolute atomic E-state index is 0.134. The summed E-state index contributed by atoms with van der Waals surface area (Å²) in [5.41, 5.74) is 0. The van der Waals surface area contributed by atoms with Crippen LogP contribution in [0.2, 0.25) is 0 Å². The van der Waals surface area contributed by atoms with Crippen molar-refractivity contribution in [3.05, 3.63) is 158 Å². The molecular weight excluding hydrogens is 1030 g/mol. The molecule has 0 amide bonds. The predicted molar refractivity (Wildman–Crippen MR) is 352 cm³/mol. The standard InChI is InChI=1S/C74H119NO8/c1-6-8-10-12-14-16-18-20-22-24-25-26-27-28-29-30-31-32-33-34-35-36-37-38-39-40-41-42-43-44-45-46-47-49-51-53-55-57-59-61-63-65-72(77)83-70(69-82-74(73(78)79)80-67-66-75(3,4)5)68-81-71(76)64-62-60-58-56-54-52-50-48-23-21-19-17-15-13-11-9-7-2/h8,10,14,16,20-23,25-26,28-29,31-32,34-35,37-38,40-41,43-44,46-47,51,53,70,74H,6-7,9,11-13,15,17-19,24,27,30,33,36,39,42,45,48-50,52,54-69H2,1-5H3/b10-8-,16-14-,22-20-,23-21-,26-25-,29-28-,32-31-,35-34-,38-37-,41-40-,44-43-,47-46-,53-51-. The van der Waals surface area contributed by atoms with Crippen LogP contribution in [0.15, 0.2) is 158 Å². The van der Waals surface area contributed by atoms with Crippen molar-refractivity contribution in [3.8, 4) is 0 Å². The molecule has 9 heteroatoms. The van der Waals surface area contributed by atoms with Gasteiger partial charge in [-0.3, -0.25) is 9.59 Å². The SMILES string of the molecule is CC/C=C\C/C=C\C/C=C\C/C=C\C/C=C\C/C=C\C/C=C\C/C=C\C/C=C\C/C=C\C/C=C\C/C=C\CCCCCCC(=O)OC(COC(=O)CCCCCCCCC/C=C\CCCCCCCC)COC(OCC[N+](C)(C)C)C(=O)[O-]. The number of carboxylic acids is 1. The maximum atomic E-state index is 12.9. The normalized spacial score (nSPS) is 13.8. The maximum Gasteiger partial charge on any atom is 0.306 e. The Labute approximate surface area is 508 Å². The fourth-order valence-corrected chi connectivity index (χ4v) is 8.28. The summed E-state index contributed by atoms with van der Waals surface area (Å²) in [4.78, 5) is 37.3. The average molecular weight is 1150 g/mol. The molecule has 0 aliphatic rings. The molecule has 0 N–H and O–H groups in total. The summed E-state index contributed by atoms with van der Waals surface area (Å²) in [7, 11) is 5.90. The van der Waals surface area contributed by atoms with Crippen LogP contribution in [-0.2, 0) is 33.3 Å². The number of nitrogens with zero attached hydrogens (tertiary/aromatic N) is 1. The van der Waals surface area contributed by atoms with Gasteiger partial charge in [-0.05, 0) is 128 Å². The summed E-state index contributed by atoms with van der Waals surface area (Å²) in [5, 5.41) is 11.8.